The van der Waals surface area contributed by atoms with Gasteiger partial charge < -0.3 is 15.8 Å². The van der Waals surface area contributed by atoms with Gasteiger partial charge in [0.05, 0.1) is 21.2 Å². The van der Waals surface area contributed by atoms with Gasteiger partial charge in [0.15, 0.2) is 5.82 Å². The van der Waals surface area contributed by atoms with Crippen LogP contribution in [0.25, 0.3) is 0 Å². The van der Waals surface area contributed by atoms with Gasteiger partial charge in [-0.3, -0.25) is 0 Å². The highest BCUT2D eigenvalue weighted by atomic mass is 35.5. The third-order valence-electron chi connectivity index (χ3n) is 4.35. The summed E-state index contributed by atoms with van der Waals surface area (Å²) in [4.78, 5) is 15.7. The molecule has 14 heteroatoms. The zero-order chi connectivity index (χ0) is 26.1. The van der Waals surface area contributed by atoms with Crippen LogP contribution >= 0.6 is 34.5 Å². The third kappa shape index (κ3) is 6.01. The van der Waals surface area contributed by atoms with E-state index >= 15 is 4.39 Å². The van der Waals surface area contributed by atoms with Crippen LogP contribution in [0.2, 0.25) is 10.0 Å². The van der Waals surface area contributed by atoms with Gasteiger partial charge >= 0.3 is 6.09 Å². The fraction of sp³-hybridized carbons (Fsp3) is 0.238. The Hall–Kier alpha value is -2.51. The van der Waals surface area contributed by atoms with E-state index in [1.807, 2.05) is 0 Å². The Balaban J connectivity index is 2.00. The van der Waals surface area contributed by atoms with Gasteiger partial charge in [-0.1, -0.05) is 35.3 Å². The molecule has 3 N–H and O–H groups in total. The van der Waals surface area contributed by atoms with Crippen LogP contribution in [0, 0.1) is 11.6 Å². The first-order chi connectivity index (χ1) is 16.2. The van der Waals surface area contributed by atoms with E-state index in [1.165, 1.54) is 29.1 Å². The van der Waals surface area contributed by atoms with Crippen molar-refractivity contribution in [3.63, 3.8) is 0 Å². The molecular weight excluding hydrogens is 545 g/mol. The van der Waals surface area contributed by atoms with Gasteiger partial charge in [0.1, 0.15) is 28.3 Å². The summed E-state index contributed by atoms with van der Waals surface area (Å²) in [6, 6.07) is 5.75. The highest BCUT2D eigenvalue weighted by Crippen LogP contribution is 2.34. The molecule has 0 radical (unpaired) electrons. The Labute approximate surface area is 214 Å². The molecule has 1 atom stereocenters. The number of benzene rings is 2. The molecule has 1 amide bonds. The number of anilines is 2. The maximum atomic E-state index is 15.1. The lowest BCUT2D eigenvalue weighted by atomic mass is 10.1. The van der Waals surface area contributed by atoms with Crippen molar-refractivity contribution in [2.24, 2.45) is 5.73 Å². The first-order valence-electron chi connectivity index (χ1n) is 9.84. The number of ether oxygens (including phenoxy) is 1. The molecular formula is C21H20Cl2F2N4O4S2. The van der Waals surface area contributed by atoms with Gasteiger partial charge in [-0.15, -0.1) is 15.6 Å². The minimum Gasteiger partial charge on any atom is -0.443 e. The van der Waals surface area contributed by atoms with Gasteiger partial charge in [0, 0.05) is 10.9 Å². The third-order valence-corrected chi connectivity index (χ3v) is 7.22. The van der Waals surface area contributed by atoms with Crippen molar-refractivity contribution in [3.8, 4) is 0 Å². The van der Waals surface area contributed by atoms with E-state index in [1.54, 1.807) is 20.8 Å². The summed E-state index contributed by atoms with van der Waals surface area (Å²) in [6.45, 7) is 4.63. The van der Waals surface area contributed by atoms with Crippen LogP contribution in [-0.2, 0) is 14.8 Å². The quantitative estimate of drug-likeness (QED) is 0.356. The van der Waals surface area contributed by atoms with E-state index in [0.29, 0.717) is 0 Å². The first-order valence-corrected chi connectivity index (χ1v) is 13.0. The zero-order valence-corrected chi connectivity index (χ0v) is 21.7. The fourth-order valence-corrected chi connectivity index (χ4v) is 5.26. The summed E-state index contributed by atoms with van der Waals surface area (Å²) in [5.41, 5.74) is 6.08. The normalized spacial score (nSPS) is 12.8. The van der Waals surface area contributed by atoms with Gasteiger partial charge in [-0.2, -0.15) is 0 Å². The number of amides is 1. The number of carbonyl (C=O) groups is 1. The fourth-order valence-electron chi connectivity index (χ4n) is 2.87. The predicted octanol–water partition coefficient (Wildman–Crippen LogP) is 5.93. The SMILES string of the molecule is CC(C)(C)OC(=O)N(c1cscn1)S(=O)(=O)c1cc(Cl)c(N[C@@H](N)c2cccc(Cl)c2F)cc1F. The molecule has 0 aliphatic heterocycles. The molecule has 0 aliphatic rings. The molecule has 8 nitrogen and oxygen atoms in total. The average molecular weight is 565 g/mol. The van der Waals surface area contributed by atoms with Crippen LogP contribution in [-0.4, -0.2) is 25.1 Å². The Morgan fingerprint density at radius 2 is 1.91 bits per heavy atom. The van der Waals surface area contributed by atoms with Crippen molar-refractivity contribution in [1.82, 2.24) is 4.98 Å². The average Bonchev–Trinajstić information content (AvgIpc) is 3.24. The molecule has 0 bridgehead atoms. The predicted molar refractivity (Wildman–Crippen MR) is 131 cm³/mol. The lowest BCUT2D eigenvalue weighted by Crippen LogP contribution is -2.41. The minimum atomic E-state index is -4.85. The number of nitrogens with zero attached hydrogens (tertiary/aromatic N) is 2. The van der Waals surface area contributed by atoms with Crippen LogP contribution in [0.1, 0.15) is 32.5 Å². The van der Waals surface area contributed by atoms with Crippen molar-refractivity contribution in [2.45, 2.75) is 37.4 Å². The summed E-state index contributed by atoms with van der Waals surface area (Å²) < 4.78 is 61.5. The molecule has 0 spiro atoms. The van der Waals surface area contributed by atoms with Crippen LogP contribution < -0.4 is 15.4 Å². The number of thiazole rings is 1. The van der Waals surface area contributed by atoms with Crippen molar-refractivity contribution in [2.75, 3.05) is 9.62 Å². The van der Waals surface area contributed by atoms with E-state index in [0.717, 1.165) is 23.5 Å². The highest BCUT2D eigenvalue weighted by molar-refractivity contribution is 7.93. The van der Waals surface area contributed by atoms with Gasteiger partial charge in [0.2, 0.25) is 0 Å². The number of hydrogen-bond donors (Lipinski definition) is 2. The largest absolute Gasteiger partial charge is 0.443 e. The van der Waals surface area contributed by atoms with Gasteiger partial charge in [-0.25, -0.2) is 27.0 Å². The molecule has 3 rings (SSSR count). The summed E-state index contributed by atoms with van der Waals surface area (Å²) in [6.07, 6.45) is -2.47. The topological polar surface area (TPSA) is 115 Å². The van der Waals surface area contributed by atoms with Crippen LogP contribution in [0.5, 0.6) is 0 Å². The molecule has 0 saturated carbocycles. The van der Waals surface area contributed by atoms with E-state index in [9.17, 15) is 17.6 Å². The molecule has 2 aromatic carbocycles. The zero-order valence-electron chi connectivity index (χ0n) is 18.6. The summed E-state index contributed by atoms with van der Waals surface area (Å²) in [7, 11) is -4.85. The lowest BCUT2D eigenvalue weighted by Gasteiger charge is -2.26. The molecule has 188 valence electrons. The number of aromatic nitrogens is 1. The lowest BCUT2D eigenvalue weighted by molar-refractivity contribution is 0.0608. The number of sulfonamides is 1. The standard InChI is InChI=1S/C21H20Cl2F2N4O4S2/c1-21(2,3)33-20(30)29(17-9-34-10-27-17)35(31,32)16-7-13(23)15(8-14(16)24)28-19(26)11-5-4-6-12(22)18(11)25/h4-10,19,28H,26H2,1-3H3/t19-/m1/s1. The van der Waals surface area contributed by atoms with Gasteiger partial charge in [0.25, 0.3) is 10.0 Å². The van der Waals surface area contributed by atoms with E-state index in [-0.39, 0.29) is 31.4 Å². The molecule has 35 heavy (non-hydrogen) atoms. The maximum absolute atomic E-state index is 15.1. The van der Waals surface area contributed by atoms with Crippen LogP contribution in [0.3, 0.4) is 0 Å². The molecule has 0 unspecified atom stereocenters. The van der Waals surface area contributed by atoms with Crippen molar-refractivity contribution in [1.29, 1.82) is 0 Å². The Morgan fingerprint density at radius 1 is 1.23 bits per heavy atom. The second-order valence-electron chi connectivity index (χ2n) is 8.12. The van der Waals surface area contributed by atoms with Crippen LogP contribution in [0.15, 0.2) is 46.1 Å². The number of nitrogens with two attached hydrogens (primary N) is 1. The van der Waals surface area contributed by atoms with E-state index in [4.69, 9.17) is 33.7 Å². The molecule has 1 heterocycles. The number of hydrogen-bond acceptors (Lipinski definition) is 8. The molecule has 0 aliphatic carbocycles. The maximum Gasteiger partial charge on any atom is 0.430 e. The molecule has 0 saturated heterocycles. The minimum absolute atomic E-state index is 0.0229. The van der Waals surface area contributed by atoms with Crippen molar-refractivity contribution < 1.29 is 26.7 Å². The summed E-state index contributed by atoms with van der Waals surface area (Å²) in [5, 5.41) is 3.49. The Kier molecular flexibility index (Phi) is 7.92. The number of nitrogens with one attached hydrogen (secondary N) is 1. The molecule has 1 aromatic heterocycles. The Morgan fingerprint density at radius 3 is 2.51 bits per heavy atom. The monoisotopic (exact) mass is 564 g/mol. The van der Waals surface area contributed by atoms with Gasteiger partial charge in [-0.05, 0) is 39.0 Å². The van der Waals surface area contributed by atoms with E-state index < -0.39 is 44.4 Å². The first kappa shape index (κ1) is 27.1. The summed E-state index contributed by atoms with van der Waals surface area (Å²) in [5.74, 6) is -2.30. The van der Waals surface area contributed by atoms with Crippen LogP contribution in [0.4, 0.5) is 25.1 Å². The highest BCUT2D eigenvalue weighted by Gasteiger charge is 2.38. The number of carbonyl (C=O) groups excluding carboxylic acids is 1. The van der Waals surface area contributed by atoms with E-state index in [2.05, 4.69) is 10.3 Å². The second-order valence-corrected chi connectivity index (χ2v) is 11.4. The molecule has 3 aromatic rings. The number of rotatable bonds is 6. The van der Waals surface area contributed by atoms with Crippen molar-refractivity contribution >= 4 is 62.2 Å². The van der Waals surface area contributed by atoms with Crippen molar-refractivity contribution in [3.05, 3.63) is 68.5 Å². The molecule has 0 fully saturated rings. The smallest absolute Gasteiger partial charge is 0.430 e. The Bertz CT molecular complexity index is 1350. The summed E-state index contributed by atoms with van der Waals surface area (Å²) >= 11 is 13.0. The number of halogens is 4. The second kappa shape index (κ2) is 10.2.